The Labute approximate surface area is 189 Å². The molecule has 2 aromatic heterocycles. The van der Waals surface area contributed by atoms with Crippen LogP contribution in [0, 0.1) is 12.7 Å². The van der Waals surface area contributed by atoms with Crippen LogP contribution in [0.3, 0.4) is 0 Å². The number of nitrogens with zero attached hydrogens (tertiary/aromatic N) is 3. The zero-order valence-electron chi connectivity index (χ0n) is 18.0. The first-order valence-corrected chi connectivity index (χ1v) is 10.8. The topological polar surface area (TPSA) is 134 Å². The second kappa shape index (κ2) is 8.04. The third-order valence-electron chi connectivity index (χ3n) is 6.42. The molecular weight excluding hydrogens is 429 g/mol. The normalized spacial score (nSPS) is 19.6. The Balaban J connectivity index is 1.63. The molecule has 0 saturated heterocycles. The molecule has 1 saturated carbocycles. The summed E-state index contributed by atoms with van der Waals surface area (Å²) in [4.78, 5) is 21.8. The number of rotatable bonds is 3. The first-order valence-electron chi connectivity index (χ1n) is 10.8. The van der Waals surface area contributed by atoms with Crippen LogP contribution < -0.4 is 20.7 Å². The van der Waals surface area contributed by atoms with E-state index < -0.39 is 18.0 Å². The Kier molecular flexibility index (Phi) is 5.16. The number of aromatic nitrogens is 2. The van der Waals surface area contributed by atoms with Crippen LogP contribution in [-0.4, -0.2) is 51.6 Å². The Morgan fingerprint density at radius 2 is 2.09 bits per heavy atom. The van der Waals surface area contributed by atoms with Crippen molar-refractivity contribution in [2.24, 2.45) is 0 Å². The second-order valence-electron chi connectivity index (χ2n) is 8.44. The quantitative estimate of drug-likeness (QED) is 0.443. The molecule has 9 nitrogen and oxygen atoms in total. The number of amides is 1. The zero-order valence-corrected chi connectivity index (χ0v) is 18.0. The van der Waals surface area contributed by atoms with Crippen LogP contribution in [-0.2, 0) is 0 Å². The molecular formula is C23H24FN5O4. The molecule has 2 atom stereocenters. The highest BCUT2D eigenvalue weighted by atomic mass is 19.1. The number of ether oxygens (including phenoxy) is 1. The standard InChI is InChI=1S/C23H24FN5O4/c1-11-16(9-28-22-21(11)26-4-5-33-22)15-6-12-7-18(27-10-17(12)20(25)19(15)24)29(23(31)32)13-2-3-14(30)8-13/h6-7,9-10,13-14,26,30H,2-5,8,25H2,1H3,(H,31,32). The average Bonchev–Trinajstić information content (AvgIpc) is 3.22. The van der Waals surface area contributed by atoms with Gasteiger partial charge in [0.2, 0.25) is 5.88 Å². The predicted molar refractivity (Wildman–Crippen MR) is 122 cm³/mol. The summed E-state index contributed by atoms with van der Waals surface area (Å²) in [6, 6.07) is 2.85. The molecule has 1 fully saturated rings. The van der Waals surface area contributed by atoms with Crippen LogP contribution in [0.15, 0.2) is 24.5 Å². The van der Waals surface area contributed by atoms with Gasteiger partial charge in [0.1, 0.15) is 18.1 Å². The molecule has 2 unspecified atom stereocenters. The summed E-state index contributed by atoms with van der Waals surface area (Å²) < 4.78 is 20.9. The summed E-state index contributed by atoms with van der Waals surface area (Å²) in [5.41, 5.74) is 8.37. The fourth-order valence-electron chi connectivity index (χ4n) is 4.72. The lowest BCUT2D eigenvalue weighted by Crippen LogP contribution is -2.39. The molecule has 3 heterocycles. The van der Waals surface area contributed by atoms with Gasteiger partial charge in [-0.2, -0.15) is 0 Å². The smallest absolute Gasteiger partial charge is 0.413 e. The highest BCUT2D eigenvalue weighted by Gasteiger charge is 2.33. The van der Waals surface area contributed by atoms with E-state index >= 15 is 4.39 Å². The van der Waals surface area contributed by atoms with E-state index in [0.29, 0.717) is 60.3 Å². The summed E-state index contributed by atoms with van der Waals surface area (Å²) in [5, 5.41) is 23.9. The van der Waals surface area contributed by atoms with E-state index in [9.17, 15) is 15.0 Å². The molecule has 33 heavy (non-hydrogen) atoms. The van der Waals surface area contributed by atoms with E-state index in [1.165, 1.54) is 11.1 Å². The van der Waals surface area contributed by atoms with Gasteiger partial charge < -0.3 is 26.0 Å². The van der Waals surface area contributed by atoms with E-state index in [-0.39, 0.29) is 23.1 Å². The summed E-state index contributed by atoms with van der Waals surface area (Å²) in [6.45, 7) is 2.98. The van der Waals surface area contributed by atoms with Crippen LogP contribution in [0.4, 0.5) is 26.4 Å². The average molecular weight is 453 g/mol. The number of halogens is 1. The Bertz CT molecular complexity index is 1270. The van der Waals surface area contributed by atoms with Crippen molar-refractivity contribution in [3.8, 4) is 17.0 Å². The van der Waals surface area contributed by atoms with Gasteiger partial charge in [0.25, 0.3) is 0 Å². The molecule has 0 radical (unpaired) electrons. The zero-order chi connectivity index (χ0) is 23.3. The Hall–Kier alpha value is -3.66. The molecule has 1 aliphatic carbocycles. The number of pyridine rings is 2. The van der Waals surface area contributed by atoms with Gasteiger partial charge in [-0.3, -0.25) is 4.90 Å². The maximum Gasteiger partial charge on any atom is 0.413 e. The van der Waals surface area contributed by atoms with Crippen LogP contribution in [0.1, 0.15) is 24.8 Å². The first-order chi connectivity index (χ1) is 15.8. The minimum absolute atomic E-state index is 0.0685. The molecule has 1 aliphatic heterocycles. The fourth-order valence-corrected chi connectivity index (χ4v) is 4.72. The number of fused-ring (bicyclic) bond motifs is 2. The maximum absolute atomic E-state index is 15.3. The van der Waals surface area contributed by atoms with Crippen molar-refractivity contribution in [3.63, 3.8) is 0 Å². The number of hydrogen-bond donors (Lipinski definition) is 4. The minimum Gasteiger partial charge on any atom is -0.474 e. The molecule has 172 valence electrons. The second-order valence-corrected chi connectivity index (χ2v) is 8.44. The van der Waals surface area contributed by atoms with E-state index in [1.807, 2.05) is 6.92 Å². The van der Waals surface area contributed by atoms with Gasteiger partial charge in [-0.15, -0.1) is 0 Å². The van der Waals surface area contributed by atoms with E-state index in [4.69, 9.17) is 10.5 Å². The van der Waals surface area contributed by atoms with Crippen molar-refractivity contribution in [2.45, 2.75) is 38.3 Å². The number of nitrogens with two attached hydrogens (primary N) is 1. The maximum atomic E-state index is 15.3. The SMILES string of the molecule is Cc1c(-c2cc3cc(N(C(=O)O)C4CCC(O)C4)ncc3c(N)c2F)cnc2c1NCCO2. The summed E-state index contributed by atoms with van der Waals surface area (Å²) >= 11 is 0. The van der Waals surface area contributed by atoms with Crippen molar-refractivity contribution in [3.05, 3.63) is 35.9 Å². The summed E-state index contributed by atoms with van der Waals surface area (Å²) in [6.07, 6.45) is 2.67. The van der Waals surface area contributed by atoms with Crippen LogP contribution in [0.5, 0.6) is 5.88 Å². The molecule has 3 aromatic rings. The van der Waals surface area contributed by atoms with Gasteiger partial charge in [-0.1, -0.05) is 0 Å². The number of benzene rings is 1. The highest BCUT2D eigenvalue weighted by Crippen LogP contribution is 2.40. The molecule has 10 heteroatoms. The number of anilines is 3. The lowest BCUT2D eigenvalue weighted by molar-refractivity contribution is 0.178. The van der Waals surface area contributed by atoms with E-state index in [1.54, 1.807) is 18.3 Å². The van der Waals surface area contributed by atoms with Crippen molar-refractivity contribution < 1.29 is 24.1 Å². The molecule has 5 rings (SSSR count). The molecule has 2 aliphatic rings. The third-order valence-corrected chi connectivity index (χ3v) is 6.42. The number of carboxylic acid groups (broad SMARTS) is 1. The van der Waals surface area contributed by atoms with Gasteiger partial charge in [0.05, 0.1) is 11.8 Å². The number of hydrogen-bond acceptors (Lipinski definition) is 7. The van der Waals surface area contributed by atoms with Crippen molar-refractivity contribution >= 4 is 34.1 Å². The molecule has 5 N–H and O–H groups in total. The van der Waals surface area contributed by atoms with E-state index in [2.05, 4.69) is 15.3 Å². The summed E-state index contributed by atoms with van der Waals surface area (Å²) in [7, 11) is 0. The predicted octanol–water partition coefficient (Wildman–Crippen LogP) is 3.53. The van der Waals surface area contributed by atoms with Crippen LogP contribution in [0.2, 0.25) is 0 Å². The summed E-state index contributed by atoms with van der Waals surface area (Å²) in [5.74, 6) is 0.0908. The van der Waals surface area contributed by atoms with Crippen LogP contribution in [0.25, 0.3) is 21.9 Å². The monoisotopic (exact) mass is 453 g/mol. The lowest BCUT2D eigenvalue weighted by atomic mass is 9.97. The van der Waals surface area contributed by atoms with Crippen molar-refractivity contribution in [2.75, 3.05) is 29.1 Å². The highest BCUT2D eigenvalue weighted by molar-refractivity contribution is 5.99. The molecule has 0 spiro atoms. The number of carbonyl (C=O) groups is 1. The van der Waals surface area contributed by atoms with Gasteiger partial charge in [-0.05, 0) is 49.3 Å². The lowest BCUT2D eigenvalue weighted by Gasteiger charge is -2.25. The molecule has 1 aromatic carbocycles. The van der Waals surface area contributed by atoms with E-state index in [0.717, 1.165) is 5.56 Å². The minimum atomic E-state index is -1.16. The largest absolute Gasteiger partial charge is 0.474 e. The number of aliphatic hydroxyl groups excluding tert-OH is 1. The van der Waals surface area contributed by atoms with Crippen LogP contribution >= 0.6 is 0 Å². The number of nitrogens with one attached hydrogen (secondary N) is 1. The molecule has 0 bridgehead atoms. The van der Waals surface area contributed by atoms with Gasteiger partial charge in [-0.25, -0.2) is 19.2 Å². The number of nitrogen functional groups attached to an aromatic ring is 1. The Morgan fingerprint density at radius 1 is 1.27 bits per heavy atom. The Morgan fingerprint density at radius 3 is 2.82 bits per heavy atom. The third kappa shape index (κ3) is 3.56. The number of aliphatic hydroxyl groups is 1. The fraction of sp³-hybridized carbons (Fsp3) is 0.348. The van der Waals surface area contributed by atoms with Crippen molar-refractivity contribution in [1.29, 1.82) is 0 Å². The molecule has 1 amide bonds. The van der Waals surface area contributed by atoms with Gasteiger partial charge >= 0.3 is 6.09 Å². The first kappa shape index (κ1) is 21.2. The van der Waals surface area contributed by atoms with Crippen molar-refractivity contribution in [1.82, 2.24) is 9.97 Å². The van der Waals surface area contributed by atoms with Gasteiger partial charge in [0.15, 0.2) is 5.82 Å². The van der Waals surface area contributed by atoms with Gasteiger partial charge in [0, 0.05) is 41.5 Å².